The summed E-state index contributed by atoms with van der Waals surface area (Å²) in [4.78, 5) is 66.8. The van der Waals surface area contributed by atoms with Crippen LogP contribution in [-0.2, 0) is 38.2 Å². The number of phosphoric acid groups is 2. The highest BCUT2D eigenvalue weighted by Crippen LogP contribution is 2.56. The lowest BCUT2D eigenvalue weighted by atomic mass is 10.0. The normalized spacial score (nSPS) is 17.2. The van der Waals surface area contributed by atoms with Crippen molar-refractivity contribution in [3.8, 4) is 11.3 Å². The SMILES string of the molecule is O=c1c(-c2cc(C3C[C@H]3c3ccc4cnn(CC(F)(F)F)c4c3)c3ncc(F)n3n2)cn(COP(=O)(O)O)c(=O)n1COP(=O)(O)O. The second-order valence-electron chi connectivity index (χ2n) is 10.5. The van der Waals surface area contributed by atoms with Gasteiger partial charge in [0.2, 0.25) is 5.95 Å². The predicted molar refractivity (Wildman–Crippen MR) is 149 cm³/mol. The molecule has 47 heavy (non-hydrogen) atoms. The van der Waals surface area contributed by atoms with E-state index in [9.17, 15) is 36.3 Å². The molecule has 1 aromatic carbocycles. The van der Waals surface area contributed by atoms with E-state index in [1.807, 2.05) is 0 Å². The van der Waals surface area contributed by atoms with Gasteiger partial charge in [-0.15, -0.1) is 0 Å². The van der Waals surface area contributed by atoms with Gasteiger partial charge in [-0.3, -0.25) is 23.1 Å². The average molecular weight is 705 g/mol. The van der Waals surface area contributed by atoms with Gasteiger partial charge in [0, 0.05) is 17.1 Å². The van der Waals surface area contributed by atoms with Gasteiger partial charge in [-0.1, -0.05) is 12.1 Å². The minimum absolute atomic E-state index is 0.0465. The van der Waals surface area contributed by atoms with E-state index < -0.39 is 70.5 Å². The molecule has 6 rings (SSSR count). The molecule has 1 saturated carbocycles. The van der Waals surface area contributed by atoms with Crippen molar-refractivity contribution in [1.29, 1.82) is 0 Å². The van der Waals surface area contributed by atoms with E-state index in [0.29, 0.717) is 27.5 Å². The predicted octanol–water partition coefficient (Wildman–Crippen LogP) is 2.18. The van der Waals surface area contributed by atoms with Gasteiger partial charge in [-0.25, -0.2) is 23.5 Å². The summed E-state index contributed by atoms with van der Waals surface area (Å²) in [6, 6.07) is 6.26. The van der Waals surface area contributed by atoms with Crippen LogP contribution < -0.4 is 11.2 Å². The molecule has 0 radical (unpaired) electrons. The molecule has 0 aliphatic heterocycles. The molecular formula is C24H21F4N7O10P2. The monoisotopic (exact) mass is 705 g/mol. The summed E-state index contributed by atoms with van der Waals surface area (Å²) in [6.45, 7) is -3.72. The lowest BCUT2D eigenvalue weighted by Crippen LogP contribution is -2.41. The van der Waals surface area contributed by atoms with Gasteiger partial charge in [0.05, 0.1) is 29.2 Å². The van der Waals surface area contributed by atoms with Crippen molar-refractivity contribution >= 4 is 32.2 Å². The highest BCUT2D eigenvalue weighted by Gasteiger charge is 2.42. The lowest BCUT2D eigenvalue weighted by molar-refractivity contribution is -0.141. The van der Waals surface area contributed by atoms with Crippen LogP contribution in [0.3, 0.4) is 0 Å². The Morgan fingerprint density at radius 2 is 1.68 bits per heavy atom. The van der Waals surface area contributed by atoms with E-state index in [4.69, 9.17) is 19.6 Å². The standard InChI is InChI=1S/C24H21F4N7O10P2/c25-20-7-29-21-16(15-4-14(15)12-1-2-13-6-30-34(19(13)3-12)9-24(26,27)28)5-18(31-35(20)21)17-8-32(10-44-46(38,39)40)23(37)33(22(17)36)11-45-47(41,42)43/h1-3,5-8,14-15H,4,9-11H2,(H2,38,39,40)(H2,41,42,43)/t14-,15?/m0/s1. The van der Waals surface area contributed by atoms with Crippen molar-refractivity contribution in [1.82, 2.24) is 33.5 Å². The fourth-order valence-corrected chi connectivity index (χ4v) is 5.74. The molecular weight excluding hydrogens is 684 g/mol. The second kappa shape index (κ2) is 11.6. The number of hydrogen-bond donors (Lipinski definition) is 4. The smallest absolute Gasteiger partial charge is 0.303 e. The first kappa shape index (κ1) is 32.9. The molecule has 5 aromatic rings. The van der Waals surface area contributed by atoms with Crippen molar-refractivity contribution < 1.29 is 55.3 Å². The Morgan fingerprint density at radius 3 is 2.36 bits per heavy atom. The molecule has 23 heteroatoms. The van der Waals surface area contributed by atoms with Crippen LogP contribution in [0.25, 0.3) is 27.8 Å². The maximum Gasteiger partial charge on any atom is 0.471 e. The van der Waals surface area contributed by atoms with Gasteiger partial charge in [0.25, 0.3) is 5.56 Å². The zero-order chi connectivity index (χ0) is 34.1. The summed E-state index contributed by atoms with van der Waals surface area (Å²) in [6.07, 6.45) is -1.10. The van der Waals surface area contributed by atoms with E-state index >= 15 is 0 Å². The van der Waals surface area contributed by atoms with Gasteiger partial charge in [-0.2, -0.15) is 32.3 Å². The molecule has 0 saturated heterocycles. The lowest BCUT2D eigenvalue weighted by Gasteiger charge is -2.14. The van der Waals surface area contributed by atoms with Crippen LogP contribution >= 0.6 is 15.6 Å². The van der Waals surface area contributed by atoms with Crippen LogP contribution in [0.4, 0.5) is 17.6 Å². The zero-order valence-electron chi connectivity index (χ0n) is 23.3. The van der Waals surface area contributed by atoms with Gasteiger partial charge in [-0.05, 0) is 36.0 Å². The molecule has 1 unspecified atom stereocenters. The average Bonchev–Trinajstić information content (AvgIpc) is 3.54. The summed E-state index contributed by atoms with van der Waals surface area (Å²) in [5, 5.41) is 8.39. The topological polar surface area (TPSA) is 226 Å². The third kappa shape index (κ3) is 6.97. The number of hydrogen-bond acceptors (Lipinski definition) is 9. The van der Waals surface area contributed by atoms with Gasteiger partial charge >= 0.3 is 27.5 Å². The summed E-state index contributed by atoms with van der Waals surface area (Å²) >= 11 is 0. The fourth-order valence-electron chi connectivity index (χ4n) is 5.20. The maximum atomic E-state index is 14.9. The number of aromatic nitrogens is 7. The highest BCUT2D eigenvalue weighted by molar-refractivity contribution is 7.46. The van der Waals surface area contributed by atoms with Crippen LogP contribution in [0.5, 0.6) is 0 Å². The van der Waals surface area contributed by atoms with E-state index in [-0.39, 0.29) is 27.3 Å². The molecule has 17 nitrogen and oxygen atoms in total. The van der Waals surface area contributed by atoms with Crippen LogP contribution in [0, 0.1) is 5.95 Å². The first-order valence-corrected chi connectivity index (χ1v) is 16.3. The molecule has 1 aliphatic rings. The van der Waals surface area contributed by atoms with Crippen molar-refractivity contribution in [2.75, 3.05) is 0 Å². The number of benzene rings is 1. The third-order valence-corrected chi connectivity index (χ3v) is 8.21. The Balaban J connectivity index is 1.44. The second-order valence-corrected chi connectivity index (χ2v) is 13.0. The molecule has 2 atom stereocenters. The zero-order valence-corrected chi connectivity index (χ0v) is 25.1. The largest absolute Gasteiger partial charge is 0.471 e. The molecule has 1 fully saturated rings. The quantitative estimate of drug-likeness (QED) is 0.121. The maximum absolute atomic E-state index is 14.9. The Bertz CT molecular complexity index is 2250. The molecule has 0 amide bonds. The third-order valence-electron chi connectivity index (χ3n) is 7.30. The number of nitrogens with zero attached hydrogens (tertiary/aromatic N) is 7. The molecule has 4 aromatic heterocycles. The Hall–Kier alpha value is -4.07. The summed E-state index contributed by atoms with van der Waals surface area (Å²) in [7, 11) is -10.4. The van der Waals surface area contributed by atoms with Crippen molar-refractivity contribution in [2.45, 2.75) is 44.4 Å². The van der Waals surface area contributed by atoms with Crippen molar-refractivity contribution in [3.05, 3.63) is 80.8 Å². The van der Waals surface area contributed by atoms with Crippen LogP contribution in [0.15, 0.2) is 52.4 Å². The van der Waals surface area contributed by atoms with Gasteiger partial charge < -0.3 is 19.6 Å². The fraction of sp³-hybridized carbons (Fsp3) is 0.292. The number of fused-ring (bicyclic) bond motifs is 2. The Kier molecular flexibility index (Phi) is 8.09. The van der Waals surface area contributed by atoms with E-state index in [1.165, 1.54) is 12.3 Å². The highest BCUT2D eigenvalue weighted by atomic mass is 31.2. The molecule has 4 N–H and O–H groups in total. The molecule has 0 spiro atoms. The van der Waals surface area contributed by atoms with Crippen molar-refractivity contribution in [3.63, 3.8) is 0 Å². The first-order valence-electron chi connectivity index (χ1n) is 13.2. The van der Waals surface area contributed by atoms with Crippen LogP contribution in [-0.4, -0.2) is 59.3 Å². The Labute approximate surface area is 257 Å². The summed E-state index contributed by atoms with van der Waals surface area (Å²) < 4.78 is 87.6. The minimum Gasteiger partial charge on any atom is -0.303 e. The number of halogens is 4. The van der Waals surface area contributed by atoms with Gasteiger partial charge in [0.1, 0.15) is 20.0 Å². The van der Waals surface area contributed by atoms with E-state index in [1.54, 1.807) is 18.2 Å². The molecule has 4 heterocycles. The molecule has 1 aliphatic carbocycles. The minimum atomic E-state index is -5.22. The molecule has 0 bridgehead atoms. The number of rotatable bonds is 10. The Morgan fingerprint density at radius 1 is 0.979 bits per heavy atom. The van der Waals surface area contributed by atoms with Gasteiger partial charge in [0.15, 0.2) is 5.65 Å². The van der Waals surface area contributed by atoms with Crippen LogP contribution in [0.2, 0.25) is 0 Å². The van der Waals surface area contributed by atoms with E-state index in [0.717, 1.165) is 21.6 Å². The van der Waals surface area contributed by atoms with Crippen LogP contribution in [0.1, 0.15) is 29.4 Å². The molecule has 250 valence electrons. The number of phosphoric ester groups is 2. The van der Waals surface area contributed by atoms with Crippen molar-refractivity contribution in [2.24, 2.45) is 0 Å². The number of alkyl halides is 3. The number of imidazole rings is 1. The summed E-state index contributed by atoms with van der Waals surface area (Å²) in [5.74, 6) is -1.64. The summed E-state index contributed by atoms with van der Waals surface area (Å²) in [5.41, 5.74) is -2.03. The first-order chi connectivity index (χ1) is 21.9. The van der Waals surface area contributed by atoms with E-state index in [2.05, 4.69) is 24.2 Å².